The van der Waals surface area contributed by atoms with E-state index in [1.807, 2.05) is 0 Å². The topological polar surface area (TPSA) is 8.17 Å². The van der Waals surface area contributed by atoms with E-state index in [0.717, 1.165) is 22.6 Å². The first-order valence-corrected chi connectivity index (χ1v) is 21.4. The van der Waals surface area contributed by atoms with Gasteiger partial charge < -0.3 is 9.47 Å². The van der Waals surface area contributed by atoms with Gasteiger partial charge in [0.2, 0.25) is 0 Å². The monoisotopic (exact) mass is 788 g/mol. The number of hydrogen-bond donors (Lipinski definition) is 0. The number of para-hydroxylation sites is 1. The number of benzene rings is 11. The van der Waals surface area contributed by atoms with E-state index in [9.17, 15) is 0 Å². The second kappa shape index (κ2) is 14.8. The fourth-order valence-electron chi connectivity index (χ4n) is 9.86. The van der Waals surface area contributed by atoms with Crippen LogP contribution in [0.15, 0.2) is 243 Å². The molecule has 290 valence electrons. The summed E-state index contributed by atoms with van der Waals surface area (Å²) in [5.41, 5.74) is 14.0. The number of anilines is 3. The molecule has 0 aliphatic heterocycles. The number of nitrogens with zero attached hydrogens (tertiary/aromatic N) is 2. The van der Waals surface area contributed by atoms with Gasteiger partial charge in [-0.05, 0) is 109 Å². The van der Waals surface area contributed by atoms with E-state index in [1.54, 1.807) is 0 Å². The molecule has 0 bridgehead atoms. The third kappa shape index (κ3) is 5.80. The molecule has 0 atom stereocenters. The third-order valence-electron chi connectivity index (χ3n) is 12.5. The minimum atomic E-state index is 1.09. The molecule has 0 amide bonds. The molecule has 0 N–H and O–H groups in total. The molecule has 11 aromatic carbocycles. The fraction of sp³-hybridized carbons (Fsp3) is 0. The predicted octanol–water partition coefficient (Wildman–Crippen LogP) is 16.7. The van der Waals surface area contributed by atoms with Crippen molar-refractivity contribution in [3.8, 4) is 39.1 Å². The van der Waals surface area contributed by atoms with Gasteiger partial charge in [0.15, 0.2) is 0 Å². The molecule has 0 saturated carbocycles. The molecule has 0 aliphatic carbocycles. The Labute approximate surface area is 360 Å². The molecule has 12 rings (SSSR count). The lowest BCUT2D eigenvalue weighted by Crippen LogP contribution is -2.11. The molecule has 1 aromatic heterocycles. The Balaban J connectivity index is 1.19. The Morgan fingerprint density at radius 1 is 0.290 bits per heavy atom. The predicted molar refractivity (Wildman–Crippen MR) is 264 cm³/mol. The van der Waals surface area contributed by atoms with Crippen LogP contribution in [0, 0.1) is 0 Å². The summed E-state index contributed by atoms with van der Waals surface area (Å²) in [5, 5.41) is 9.78. The number of rotatable bonds is 7. The highest BCUT2D eigenvalue weighted by Gasteiger charge is 2.24. The molecule has 0 spiro atoms. The molecule has 12 aromatic rings. The van der Waals surface area contributed by atoms with E-state index < -0.39 is 0 Å². The first-order chi connectivity index (χ1) is 30.8. The Morgan fingerprint density at radius 2 is 0.806 bits per heavy atom. The van der Waals surface area contributed by atoms with Gasteiger partial charge in [0, 0.05) is 27.5 Å². The highest BCUT2D eigenvalue weighted by atomic mass is 15.1. The summed E-state index contributed by atoms with van der Waals surface area (Å²) in [7, 11) is 0. The van der Waals surface area contributed by atoms with Crippen LogP contribution in [0.4, 0.5) is 17.1 Å². The van der Waals surface area contributed by atoms with E-state index >= 15 is 0 Å². The van der Waals surface area contributed by atoms with Crippen LogP contribution in [-0.2, 0) is 0 Å². The minimum Gasteiger partial charge on any atom is -0.310 e. The molecule has 62 heavy (non-hydrogen) atoms. The lowest BCUT2D eigenvalue weighted by atomic mass is 9.85. The van der Waals surface area contributed by atoms with Gasteiger partial charge in [0.25, 0.3) is 0 Å². The normalized spacial score (nSPS) is 11.5. The molecule has 0 unspecified atom stereocenters. The second-order valence-electron chi connectivity index (χ2n) is 16.0. The maximum absolute atomic E-state index is 2.49. The fourth-order valence-corrected chi connectivity index (χ4v) is 9.86. The molecule has 0 radical (unpaired) electrons. The van der Waals surface area contributed by atoms with Gasteiger partial charge in [-0.2, -0.15) is 0 Å². The van der Waals surface area contributed by atoms with Crippen molar-refractivity contribution in [3.63, 3.8) is 0 Å². The molecule has 2 nitrogen and oxygen atoms in total. The molecular formula is C60H40N2. The van der Waals surface area contributed by atoms with Gasteiger partial charge >= 0.3 is 0 Å². The van der Waals surface area contributed by atoms with Gasteiger partial charge in [-0.15, -0.1) is 0 Å². The molecule has 0 aliphatic rings. The molecule has 2 heteroatoms. The van der Waals surface area contributed by atoms with Gasteiger partial charge in [-0.1, -0.05) is 194 Å². The van der Waals surface area contributed by atoms with Gasteiger partial charge in [-0.25, -0.2) is 0 Å². The van der Waals surface area contributed by atoms with E-state index in [2.05, 4.69) is 252 Å². The summed E-state index contributed by atoms with van der Waals surface area (Å²) in [6.45, 7) is 0. The largest absolute Gasteiger partial charge is 0.310 e. The molecule has 0 saturated heterocycles. The van der Waals surface area contributed by atoms with E-state index in [-0.39, 0.29) is 0 Å². The second-order valence-corrected chi connectivity index (χ2v) is 16.0. The zero-order valence-electron chi connectivity index (χ0n) is 34.0. The average Bonchev–Trinajstić information content (AvgIpc) is 3.69. The zero-order valence-corrected chi connectivity index (χ0v) is 34.0. The van der Waals surface area contributed by atoms with Crippen LogP contribution in [0.2, 0.25) is 0 Å². The molecular weight excluding hydrogens is 749 g/mol. The van der Waals surface area contributed by atoms with E-state index in [4.69, 9.17) is 0 Å². The van der Waals surface area contributed by atoms with Crippen molar-refractivity contribution in [2.24, 2.45) is 0 Å². The SMILES string of the molecule is c1ccc(-c2cccc(N(c3ccc4c(c3)c(-c3ccccc3)c(-c3ccccc3)c3ccccc34)c3cccc4c3c3ccccc3n4-c3cccc4ccccc34)c2)cc1. The Hall–Kier alpha value is -8.20. The molecule has 0 fully saturated rings. The van der Waals surface area contributed by atoms with Crippen molar-refractivity contribution in [1.29, 1.82) is 0 Å². The van der Waals surface area contributed by atoms with Crippen molar-refractivity contribution in [2.45, 2.75) is 0 Å². The Morgan fingerprint density at radius 3 is 1.56 bits per heavy atom. The third-order valence-corrected chi connectivity index (χ3v) is 12.5. The summed E-state index contributed by atoms with van der Waals surface area (Å²) < 4.78 is 2.46. The van der Waals surface area contributed by atoms with Crippen LogP contribution in [0.1, 0.15) is 0 Å². The number of aromatic nitrogens is 1. The van der Waals surface area contributed by atoms with Crippen LogP contribution in [0.5, 0.6) is 0 Å². The van der Waals surface area contributed by atoms with Crippen LogP contribution in [0.3, 0.4) is 0 Å². The lowest BCUT2D eigenvalue weighted by Gasteiger charge is -2.28. The summed E-state index contributed by atoms with van der Waals surface area (Å²) in [6.07, 6.45) is 0. The van der Waals surface area contributed by atoms with Crippen molar-refractivity contribution in [2.75, 3.05) is 4.90 Å². The first-order valence-electron chi connectivity index (χ1n) is 21.4. The lowest BCUT2D eigenvalue weighted by molar-refractivity contribution is 1.20. The van der Waals surface area contributed by atoms with Crippen molar-refractivity contribution >= 4 is 71.2 Å². The van der Waals surface area contributed by atoms with Crippen molar-refractivity contribution in [3.05, 3.63) is 243 Å². The highest BCUT2D eigenvalue weighted by Crippen LogP contribution is 2.49. The standard InChI is InChI=1S/C60H40N2/c1-4-19-41(20-5-1)45-27-16-28-46(39-45)61(56-35-18-36-57-60(56)52-32-14-15-33-55(52)62(57)54-34-17-26-42-21-10-11-29-48(42)54)47-37-38-50-49-30-12-13-31-51(49)58(43-22-6-2-7-23-43)59(53(50)40-47)44-24-8-3-9-25-44/h1-40H. The smallest absolute Gasteiger partial charge is 0.0562 e. The number of fused-ring (bicyclic) bond motifs is 7. The summed E-state index contributed by atoms with van der Waals surface area (Å²) >= 11 is 0. The van der Waals surface area contributed by atoms with Gasteiger partial charge in [0.1, 0.15) is 0 Å². The van der Waals surface area contributed by atoms with Crippen LogP contribution < -0.4 is 4.90 Å². The summed E-state index contributed by atoms with van der Waals surface area (Å²) in [4.78, 5) is 2.49. The van der Waals surface area contributed by atoms with Gasteiger partial charge in [-0.3, -0.25) is 0 Å². The Kier molecular flexibility index (Phi) is 8.53. The first kappa shape index (κ1) is 35.7. The number of hydrogen-bond acceptors (Lipinski definition) is 1. The summed E-state index contributed by atoms with van der Waals surface area (Å²) in [5.74, 6) is 0. The van der Waals surface area contributed by atoms with Crippen LogP contribution >= 0.6 is 0 Å². The minimum absolute atomic E-state index is 1.09. The Bertz CT molecular complexity index is 3620. The van der Waals surface area contributed by atoms with E-state index in [0.29, 0.717) is 0 Å². The van der Waals surface area contributed by atoms with E-state index in [1.165, 1.54) is 87.7 Å². The zero-order chi connectivity index (χ0) is 41.0. The maximum atomic E-state index is 2.49. The maximum Gasteiger partial charge on any atom is 0.0562 e. The van der Waals surface area contributed by atoms with Gasteiger partial charge in [0.05, 0.1) is 22.4 Å². The highest BCUT2D eigenvalue weighted by molar-refractivity contribution is 6.23. The van der Waals surface area contributed by atoms with Crippen LogP contribution in [-0.4, -0.2) is 4.57 Å². The van der Waals surface area contributed by atoms with Crippen molar-refractivity contribution in [1.82, 2.24) is 4.57 Å². The quantitative estimate of drug-likeness (QED) is 0.146. The molecule has 1 heterocycles. The average molecular weight is 789 g/mol. The summed E-state index contributed by atoms with van der Waals surface area (Å²) in [6, 6.07) is 88.6. The van der Waals surface area contributed by atoms with Crippen molar-refractivity contribution < 1.29 is 0 Å². The van der Waals surface area contributed by atoms with Crippen LogP contribution in [0.25, 0.3) is 93.2 Å².